The Morgan fingerprint density at radius 3 is 2.62 bits per heavy atom. The van der Waals surface area contributed by atoms with Crippen molar-refractivity contribution in [3.05, 3.63) is 12.7 Å². The van der Waals surface area contributed by atoms with Gasteiger partial charge in [-0.25, -0.2) is 8.42 Å². The minimum atomic E-state index is -3.56. The Kier molecular flexibility index (Phi) is 5.30. The second-order valence-electron chi connectivity index (χ2n) is 2.28. The highest BCUT2D eigenvalue weighted by Gasteiger charge is 2.19. The van der Waals surface area contributed by atoms with Crippen LogP contribution in [0.15, 0.2) is 12.7 Å². The van der Waals surface area contributed by atoms with E-state index in [1.165, 1.54) is 6.08 Å². The fourth-order valence-corrected chi connectivity index (χ4v) is 1.81. The summed E-state index contributed by atoms with van der Waals surface area (Å²) in [7, 11) is -3.56. The maximum absolute atomic E-state index is 11.3. The lowest BCUT2D eigenvalue weighted by molar-refractivity contribution is 0.260. The molecular formula is C7H12N2O3S. The van der Waals surface area contributed by atoms with Crippen molar-refractivity contribution in [1.82, 2.24) is 4.31 Å². The molecule has 0 aromatic rings. The van der Waals surface area contributed by atoms with Crippen LogP contribution in [0.5, 0.6) is 0 Å². The van der Waals surface area contributed by atoms with Crippen LogP contribution in [-0.2, 0) is 10.0 Å². The molecule has 0 heterocycles. The zero-order chi connectivity index (χ0) is 10.3. The van der Waals surface area contributed by atoms with Crippen LogP contribution in [0.25, 0.3) is 0 Å². The lowest BCUT2D eigenvalue weighted by Gasteiger charge is -2.17. The van der Waals surface area contributed by atoms with Crippen molar-refractivity contribution in [2.24, 2.45) is 0 Å². The van der Waals surface area contributed by atoms with Crippen molar-refractivity contribution in [2.45, 2.75) is 0 Å². The number of nitrogens with zero attached hydrogens (tertiary/aromatic N) is 2. The van der Waals surface area contributed by atoms with Crippen LogP contribution in [-0.4, -0.2) is 43.3 Å². The second-order valence-corrected chi connectivity index (χ2v) is 4.25. The minimum Gasteiger partial charge on any atom is -0.395 e. The van der Waals surface area contributed by atoms with Crippen molar-refractivity contribution >= 4 is 10.0 Å². The van der Waals surface area contributed by atoms with E-state index in [4.69, 9.17) is 10.4 Å². The van der Waals surface area contributed by atoms with Crippen LogP contribution < -0.4 is 0 Å². The zero-order valence-corrected chi connectivity index (χ0v) is 8.00. The predicted octanol–water partition coefficient (Wildman–Crippen LogP) is -0.680. The van der Waals surface area contributed by atoms with Crippen LogP contribution in [0.1, 0.15) is 0 Å². The van der Waals surface area contributed by atoms with Crippen molar-refractivity contribution in [3.63, 3.8) is 0 Å². The van der Waals surface area contributed by atoms with E-state index < -0.39 is 15.8 Å². The number of nitriles is 1. The van der Waals surface area contributed by atoms with Crippen LogP contribution >= 0.6 is 0 Å². The summed E-state index contributed by atoms with van der Waals surface area (Å²) in [4.78, 5) is 0. The van der Waals surface area contributed by atoms with Gasteiger partial charge in [-0.15, -0.1) is 6.58 Å². The molecule has 0 aromatic carbocycles. The van der Waals surface area contributed by atoms with E-state index in [2.05, 4.69) is 6.58 Å². The molecule has 0 atom stereocenters. The summed E-state index contributed by atoms with van der Waals surface area (Å²) in [6.45, 7) is 3.23. The van der Waals surface area contributed by atoms with E-state index in [0.29, 0.717) is 0 Å². The van der Waals surface area contributed by atoms with E-state index in [9.17, 15) is 8.42 Å². The number of hydrogen-bond acceptors (Lipinski definition) is 4. The molecule has 0 rings (SSSR count). The Morgan fingerprint density at radius 2 is 2.23 bits per heavy atom. The van der Waals surface area contributed by atoms with Crippen molar-refractivity contribution in [2.75, 3.05) is 25.4 Å². The summed E-state index contributed by atoms with van der Waals surface area (Å²) in [6, 6.07) is 1.56. The molecule has 6 heteroatoms. The van der Waals surface area contributed by atoms with Gasteiger partial charge < -0.3 is 5.11 Å². The number of hydrogen-bond donors (Lipinski definition) is 1. The van der Waals surface area contributed by atoms with Gasteiger partial charge in [0.15, 0.2) is 5.75 Å². The molecule has 0 aliphatic heterocycles. The summed E-state index contributed by atoms with van der Waals surface area (Å²) in [5.74, 6) is -0.569. The normalized spacial score (nSPS) is 11.2. The number of aliphatic hydroxyl groups is 1. The van der Waals surface area contributed by atoms with Crippen molar-refractivity contribution < 1.29 is 13.5 Å². The van der Waals surface area contributed by atoms with E-state index in [1.54, 1.807) is 6.07 Å². The Bertz CT molecular complexity index is 291. The third-order valence-corrected chi connectivity index (χ3v) is 2.93. The first-order valence-corrected chi connectivity index (χ1v) is 5.26. The highest BCUT2D eigenvalue weighted by atomic mass is 32.2. The van der Waals surface area contributed by atoms with Gasteiger partial charge in [-0.2, -0.15) is 9.57 Å². The highest BCUT2D eigenvalue weighted by molar-refractivity contribution is 7.89. The average molecular weight is 204 g/mol. The topological polar surface area (TPSA) is 81.4 Å². The smallest absolute Gasteiger partial charge is 0.227 e. The Balaban J connectivity index is 4.53. The highest BCUT2D eigenvalue weighted by Crippen LogP contribution is 2.00. The molecule has 0 aromatic heterocycles. The van der Waals surface area contributed by atoms with Gasteiger partial charge in [0, 0.05) is 13.1 Å². The molecule has 74 valence electrons. The van der Waals surface area contributed by atoms with E-state index in [1.807, 2.05) is 0 Å². The molecule has 0 saturated heterocycles. The zero-order valence-electron chi connectivity index (χ0n) is 7.18. The van der Waals surface area contributed by atoms with E-state index >= 15 is 0 Å². The lowest BCUT2D eigenvalue weighted by Crippen LogP contribution is -2.35. The molecule has 0 unspecified atom stereocenters. The third-order valence-electron chi connectivity index (χ3n) is 1.32. The van der Waals surface area contributed by atoms with Gasteiger partial charge >= 0.3 is 0 Å². The molecule has 13 heavy (non-hydrogen) atoms. The Labute approximate surface area is 77.9 Å². The van der Waals surface area contributed by atoms with Crippen molar-refractivity contribution in [1.29, 1.82) is 5.26 Å². The first kappa shape index (κ1) is 12.1. The van der Waals surface area contributed by atoms with Gasteiger partial charge in [0.05, 0.1) is 12.7 Å². The van der Waals surface area contributed by atoms with Crippen LogP contribution in [0.4, 0.5) is 0 Å². The monoisotopic (exact) mass is 204 g/mol. The summed E-state index contributed by atoms with van der Waals surface area (Å²) < 4.78 is 23.5. The third kappa shape index (κ3) is 4.03. The standard InChI is InChI=1S/C7H12N2O3S/c1-2-4-9(5-6-10)13(11,12)7-3-8/h2,10H,1,4-7H2. The van der Waals surface area contributed by atoms with Crippen LogP contribution in [0, 0.1) is 11.3 Å². The molecule has 0 aliphatic rings. The summed E-state index contributed by atoms with van der Waals surface area (Å²) in [5, 5.41) is 16.8. The molecule has 0 amide bonds. The van der Waals surface area contributed by atoms with Crippen LogP contribution in [0.3, 0.4) is 0 Å². The number of aliphatic hydroxyl groups excluding tert-OH is 1. The fraction of sp³-hybridized carbons (Fsp3) is 0.571. The van der Waals surface area contributed by atoms with Crippen molar-refractivity contribution in [3.8, 4) is 6.07 Å². The maximum Gasteiger partial charge on any atom is 0.227 e. The SMILES string of the molecule is C=CCN(CCO)S(=O)(=O)CC#N. The van der Waals surface area contributed by atoms with Gasteiger partial charge in [-0.05, 0) is 0 Å². The summed E-state index contributed by atoms with van der Waals surface area (Å²) in [5.41, 5.74) is 0. The molecule has 0 spiro atoms. The molecule has 5 nitrogen and oxygen atoms in total. The summed E-state index contributed by atoms with van der Waals surface area (Å²) in [6.07, 6.45) is 1.41. The van der Waals surface area contributed by atoms with Gasteiger partial charge in [-0.3, -0.25) is 0 Å². The Hall–Kier alpha value is -0.900. The van der Waals surface area contributed by atoms with Gasteiger partial charge in [0.1, 0.15) is 0 Å². The maximum atomic E-state index is 11.3. The first-order chi connectivity index (χ1) is 6.08. The average Bonchev–Trinajstić information content (AvgIpc) is 2.04. The number of sulfonamides is 1. The van der Waals surface area contributed by atoms with Crippen LogP contribution in [0.2, 0.25) is 0 Å². The lowest BCUT2D eigenvalue weighted by atomic mass is 10.6. The molecule has 1 N–H and O–H groups in total. The summed E-state index contributed by atoms with van der Waals surface area (Å²) >= 11 is 0. The Morgan fingerprint density at radius 1 is 1.62 bits per heavy atom. The quantitative estimate of drug-likeness (QED) is 0.581. The van der Waals surface area contributed by atoms with Gasteiger partial charge in [0.2, 0.25) is 10.0 Å². The second kappa shape index (κ2) is 5.70. The first-order valence-electron chi connectivity index (χ1n) is 3.65. The van der Waals surface area contributed by atoms with E-state index in [0.717, 1.165) is 4.31 Å². The predicted molar refractivity (Wildman–Crippen MR) is 48.3 cm³/mol. The molecule has 0 aliphatic carbocycles. The molecule has 0 fully saturated rings. The van der Waals surface area contributed by atoms with Gasteiger partial charge in [-0.1, -0.05) is 6.08 Å². The molecule has 0 radical (unpaired) electrons. The molecule has 0 saturated carbocycles. The minimum absolute atomic E-state index is 0.00394. The van der Waals surface area contributed by atoms with Gasteiger partial charge in [0.25, 0.3) is 0 Å². The molecule has 0 bridgehead atoms. The number of rotatable bonds is 6. The fourth-order valence-electron chi connectivity index (χ4n) is 0.772. The van der Waals surface area contributed by atoms with E-state index in [-0.39, 0.29) is 19.7 Å². The molecular weight excluding hydrogens is 192 g/mol. The largest absolute Gasteiger partial charge is 0.395 e.